The van der Waals surface area contributed by atoms with Crippen LogP contribution in [0.15, 0.2) is 46.9 Å². The van der Waals surface area contributed by atoms with Gasteiger partial charge in [0.1, 0.15) is 5.82 Å². The van der Waals surface area contributed by atoms with Crippen LogP contribution >= 0.6 is 15.9 Å². The van der Waals surface area contributed by atoms with Gasteiger partial charge in [0.25, 0.3) is 0 Å². The van der Waals surface area contributed by atoms with Crippen molar-refractivity contribution in [3.63, 3.8) is 0 Å². The fourth-order valence-corrected chi connectivity index (χ4v) is 3.01. The molecule has 2 aromatic carbocycles. The SMILES string of the molecule is Cn1nc(CC(O)c2cc(F)ccc2Br)c2ccccc21. The molecule has 21 heavy (non-hydrogen) atoms. The Labute approximate surface area is 130 Å². The maximum atomic E-state index is 13.4. The number of para-hydroxylation sites is 1. The predicted octanol–water partition coefficient (Wildman–Crippen LogP) is 3.75. The molecule has 0 fully saturated rings. The minimum Gasteiger partial charge on any atom is -0.388 e. The van der Waals surface area contributed by atoms with Crippen molar-refractivity contribution in [3.8, 4) is 0 Å². The second-order valence-electron chi connectivity index (χ2n) is 4.97. The van der Waals surface area contributed by atoms with Crippen molar-refractivity contribution in [3.05, 3.63) is 64.0 Å². The predicted molar refractivity (Wildman–Crippen MR) is 83.5 cm³/mol. The van der Waals surface area contributed by atoms with Crippen LogP contribution in [-0.4, -0.2) is 14.9 Å². The first-order chi connectivity index (χ1) is 10.1. The quantitative estimate of drug-likeness (QED) is 0.782. The molecule has 1 aromatic heterocycles. The molecule has 0 saturated heterocycles. The van der Waals surface area contributed by atoms with E-state index >= 15 is 0 Å². The topological polar surface area (TPSA) is 38.0 Å². The number of halogens is 2. The van der Waals surface area contributed by atoms with Crippen LogP contribution < -0.4 is 0 Å². The van der Waals surface area contributed by atoms with Gasteiger partial charge in [-0.1, -0.05) is 34.1 Å². The third-order valence-electron chi connectivity index (χ3n) is 3.54. The minimum absolute atomic E-state index is 0.337. The van der Waals surface area contributed by atoms with Crippen molar-refractivity contribution >= 4 is 26.8 Å². The van der Waals surface area contributed by atoms with Crippen LogP contribution in [0, 0.1) is 5.82 Å². The molecular formula is C16H14BrFN2O. The van der Waals surface area contributed by atoms with Gasteiger partial charge in [0.2, 0.25) is 0 Å². The summed E-state index contributed by atoms with van der Waals surface area (Å²) in [6.07, 6.45) is -0.475. The minimum atomic E-state index is -0.812. The first-order valence-electron chi connectivity index (χ1n) is 6.60. The van der Waals surface area contributed by atoms with Crippen molar-refractivity contribution in [1.29, 1.82) is 0 Å². The lowest BCUT2D eigenvalue weighted by Gasteiger charge is -2.12. The number of nitrogens with zero attached hydrogens (tertiary/aromatic N) is 2. The Morgan fingerprint density at radius 3 is 2.86 bits per heavy atom. The lowest BCUT2D eigenvalue weighted by Crippen LogP contribution is -2.04. The highest BCUT2D eigenvalue weighted by atomic mass is 79.9. The molecule has 0 amide bonds. The monoisotopic (exact) mass is 348 g/mol. The van der Waals surface area contributed by atoms with Crippen LogP contribution in [0.5, 0.6) is 0 Å². The molecule has 0 aliphatic rings. The molecular weight excluding hydrogens is 335 g/mol. The number of aryl methyl sites for hydroxylation is 1. The molecule has 3 nitrogen and oxygen atoms in total. The van der Waals surface area contributed by atoms with E-state index in [-0.39, 0.29) is 5.82 Å². The van der Waals surface area contributed by atoms with Gasteiger partial charge in [-0.15, -0.1) is 0 Å². The number of benzene rings is 2. The van der Waals surface area contributed by atoms with Gasteiger partial charge in [0, 0.05) is 23.3 Å². The Morgan fingerprint density at radius 1 is 1.29 bits per heavy atom. The van der Waals surface area contributed by atoms with Gasteiger partial charge in [0.15, 0.2) is 0 Å². The number of hydrogen-bond donors (Lipinski definition) is 1. The Kier molecular flexibility index (Phi) is 3.78. The van der Waals surface area contributed by atoms with E-state index in [1.165, 1.54) is 12.1 Å². The van der Waals surface area contributed by atoms with E-state index < -0.39 is 6.10 Å². The van der Waals surface area contributed by atoms with E-state index in [1.54, 1.807) is 10.7 Å². The summed E-state index contributed by atoms with van der Waals surface area (Å²) in [6, 6.07) is 12.2. The molecule has 0 radical (unpaired) electrons. The number of rotatable bonds is 3. The standard InChI is InChI=1S/C16H14BrFN2O/c1-20-15-5-3-2-4-11(15)14(19-20)9-16(21)12-8-10(18)6-7-13(12)17/h2-8,16,21H,9H2,1H3. The second-order valence-corrected chi connectivity index (χ2v) is 5.83. The Hall–Kier alpha value is -1.72. The molecule has 0 bridgehead atoms. The molecule has 1 N–H and O–H groups in total. The summed E-state index contributed by atoms with van der Waals surface area (Å²) in [7, 11) is 1.87. The van der Waals surface area contributed by atoms with Crippen LogP contribution in [0.2, 0.25) is 0 Å². The molecule has 108 valence electrons. The normalized spacial score (nSPS) is 12.8. The van der Waals surface area contributed by atoms with Gasteiger partial charge in [-0.3, -0.25) is 4.68 Å². The van der Waals surface area contributed by atoms with Crippen molar-refractivity contribution in [2.75, 3.05) is 0 Å². The molecule has 1 heterocycles. The van der Waals surface area contributed by atoms with Gasteiger partial charge in [-0.05, 0) is 29.8 Å². The molecule has 0 saturated carbocycles. The van der Waals surface area contributed by atoms with E-state index in [9.17, 15) is 9.50 Å². The number of fused-ring (bicyclic) bond motifs is 1. The largest absolute Gasteiger partial charge is 0.388 e. The molecule has 0 aliphatic carbocycles. The summed E-state index contributed by atoms with van der Waals surface area (Å²) in [5.74, 6) is -0.363. The molecule has 5 heteroatoms. The molecule has 1 unspecified atom stereocenters. The fourth-order valence-electron chi connectivity index (χ4n) is 2.50. The Bertz CT molecular complexity index is 800. The number of aliphatic hydroxyl groups excluding tert-OH is 1. The highest BCUT2D eigenvalue weighted by Crippen LogP contribution is 2.28. The van der Waals surface area contributed by atoms with Crippen molar-refractivity contribution in [1.82, 2.24) is 9.78 Å². The van der Waals surface area contributed by atoms with Crippen LogP contribution in [0.25, 0.3) is 10.9 Å². The van der Waals surface area contributed by atoms with Crippen LogP contribution in [0.4, 0.5) is 4.39 Å². The zero-order valence-corrected chi connectivity index (χ0v) is 13.0. The lowest BCUT2D eigenvalue weighted by atomic mass is 10.0. The number of aliphatic hydroxyl groups is 1. The maximum absolute atomic E-state index is 13.4. The first-order valence-corrected chi connectivity index (χ1v) is 7.39. The fraction of sp³-hybridized carbons (Fsp3) is 0.188. The Balaban J connectivity index is 1.96. The summed E-state index contributed by atoms with van der Waals surface area (Å²) >= 11 is 3.35. The number of aromatic nitrogens is 2. The third kappa shape index (κ3) is 2.71. The second kappa shape index (κ2) is 5.58. The smallest absolute Gasteiger partial charge is 0.123 e. The molecule has 1 atom stereocenters. The van der Waals surface area contributed by atoms with Crippen molar-refractivity contribution in [2.45, 2.75) is 12.5 Å². The van der Waals surface area contributed by atoms with Gasteiger partial charge < -0.3 is 5.11 Å². The van der Waals surface area contributed by atoms with Crippen LogP contribution in [0.1, 0.15) is 17.4 Å². The zero-order valence-electron chi connectivity index (χ0n) is 11.4. The van der Waals surface area contributed by atoms with Gasteiger partial charge in [-0.25, -0.2) is 4.39 Å². The van der Waals surface area contributed by atoms with E-state index in [0.29, 0.717) is 16.5 Å². The van der Waals surface area contributed by atoms with E-state index in [1.807, 2.05) is 31.3 Å². The number of hydrogen-bond acceptors (Lipinski definition) is 2. The van der Waals surface area contributed by atoms with Gasteiger partial charge >= 0.3 is 0 Å². The molecule has 3 rings (SSSR count). The first kappa shape index (κ1) is 14.2. The summed E-state index contributed by atoms with van der Waals surface area (Å²) in [5.41, 5.74) is 2.35. The molecule has 3 aromatic rings. The summed E-state index contributed by atoms with van der Waals surface area (Å²) < 4.78 is 15.8. The van der Waals surface area contributed by atoms with Crippen LogP contribution in [-0.2, 0) is 13.5 Å². The zero-order chi connectivity index (χ0) is 15.0. The summed E-state index contributed by atoms with van der Waals surface area (Å²) in [5, 5.41) is 15.9. The summed E-state index contributed by atoms with van der Waals surface area (Å²) in [4.78, 5) is 0. The molecule has 0 spiro atoms. The van der Waals surface area contributed by atoms with Crippen LogP contribution in [0.3, 0.4) is 0 Å². The summed E-state index contributed by atoms with van der Waals surface area (Å²) in [6.45, 7) is 0. The average molecular weight is 349 g/mol. The van der Waals surface area contributed by atoms with Crippen molar-refractivity contribution < 1.29 is 9.50 Å². The highest BCUT2D eigenvalue weighted by molar-refractivity contribution is 9.10. The average Bonchev–Trinajstić information content (AvgIpc) is 2.78. The van der Waals surface area contributed by atoms with Gasteiger partial charge in [-0.2, -0.15) is 5.10 Å². The van der Waals surface area contributed by atoms with Gasteiger partial charge in [0.05, 0.1) is 17.3 Å². The third-order valence-corrected chi connectivity index (χ3v) is 4.26. The molecule has 0 aliphatic heterocycles. The highest BCUT2D eigenvalue weighted by Gasteiger charge is 2.17. The maximum Gasteiger partial charge on any atom is 0.123 e. The Morgan fingerprint density at radius 2 is 2.05 bits per heavy atom. The van der Waals surface area contributed by atoms with E-state index in [4.69, 9.17) is 0 Å². The van der Waals surface area contributed by atoms with Crippen molar-refractivity contribution in [2.24, 2.45) is 7.05 Å². The van der Waals surface area contributed by atoms with E-state index in [0.717, 1.165) is 16.6 Å². The lowest BCUT2D eigenvalue weighted by molar-refractivity contribution is 0.176. The van der Waals surface area contributed by atoms with E-state index in [2.05, 4.69) is 21.0 Å².